The van der Waals surface area contributed by atoms with Gasteiger partial charge in [0.15, 0.2) is 0 Å². The van der Waals surface area contributed by atoms with E-state index in [1.165, 1.54) is 18.2 Å². The maximum atomic E-state index is 13.3. The molecule has 0 unspecified atom stereocenters. The van der Waals surface area contributed by atoms with E-state index in [1.807, 2.05) is 0 Å². The van der Waals surface area contributed by atoms with Crippen molar-refractivity contribution in [2.45, 2.75) is 0 Å². The summed E-state index contributed by atoms with van der Waals surface area (Å²) in [6.45, 7) is 0. The van der Waals surface area contributed by atoms with Gasteiger partial charge >= 0.3 is 0 Å². The Bertz CT molecular complexity index is 608. The van der Waals surface area contributed by atoms with Gasteiger partial charge in [-0.15, -0.1) is 0 Å². The number of rotatable bonds is 3. The molecule has 0 bridgehead atoms. The van der Waals surface area contributed by atoms with Crippen LogP contribution in [0, 0.1) is 5.82 Å². The van der Waals surface area contributed by atoms with Crippen LogP contribution in [0.2, 0.25) is 5.02 Å². The van der Waals surface area contributed by atoms with Crippen LogP contribution in [-0.4, -0.2) is 5.91 Å². The molecule has 2 nitrogen and oxygen atoms in total. The summed E-state index contributed by atoms with van der Waals surface area (Å²) in [7, 11) is 0. The van der Waals surface area contributed by atoms with Gasteiger partial charge in [0.1, 0.15) is 5.82 Å². The fourth-order valence-corrected chi connectivity index (χ4v) is 1.61. The molecule has 0 radical (unpaired) electrons. The van der Waals surface area contributed by atoms with Crippen molar-refractivity contribution in [2.24, 2.45) is 0 Å². The summed E-state index contributed by atoms with van der Waals surface area (Å²) in [6.07, 6.45) is 2.97. The Hall–Kier alpha value is -2.13. The lowest BCUT2D eigenvalue weighted by Gasteiger charge is -2.02. The fourth-order valence-electron chi connectivity index (χ4n) is 1.48. The lowest BCUT2D eigenvalue weighted by atomic mass is 10.2. The number of carbonyl (C=O) groups excluding carboxylic acids is 1. The van der Waals surface area contributed by atoms with Crippen molar-refractivity contribution in [1.82, 2.24) is 0 Å². The highest BCUT2D eigenvalue weighted by Crippen LogP contribution is 2.13. The number of nitrogens with one attached hydrogen (secondary N) is 1. The van der Waals surface area contributed by atoms with E-state index >= 15 is 0 Å². The third-order valence-corrected chi connectivity index (χ3v) is 2.68. The number of carbonyl (C=O) groups is 1. The summed E-state index contributed by atoms with van der Waals surface area (Å²) >= 11 is 5.75. The monoisotopic (exact) mass is 275 g/mol. The Balaban J connectivity index is 2.02. The van der Waals surface area contributed by atoms with Crippen LogP contribution < -0.4 is 5.32 Å². The van der Waals surface area contributed by atoms with E-state index in [4.69, 9.17) is 11.6 Å². The Morgan fingerprint density at radius 2 is 1.79 bits per heavy atom. The van der Waals surface area contributed by atoms with E-state index < -0.39 is 5.82 Å². The molecule has 4 heteroatoms. The van der Waals surface area contributed by atoms with Crippen molar-refractivity contribution in [2.75, 3.05) is 5.32 Å². The molecular formula is C15H11ClFNO. The summed E-state index contributed by atoms with van der Waals surface area (Å²) in [5.74, 6) is -0.851. The fraction of sp³-hybridized carbons (Fsp3) is 0. The highest BCUT2D eigenvalue weighted by Gasteiger charge is 2.02. The second-order valence-corrected chi connectivity index (χ2v) is 4.29. The van der Waals surface area contributed by atoms with Gasteiger partial charge in [-0.05, 0) is 35.9 Å². The van der Waals surface area contributed by atoms with Crippen molar-refractivity contribution in [1.29, 1.82) is 0 Å². The molecule has 19 heavy (non-hydrogen) atoms. The van der Waals surface area contributed by atoms with Gasteiger partial charge in [0.25, 0.3) is 0 Å². The van der Waals surface area contributed by atoms with Crippen LogP contribution in [0.5, 0.6) is 0 Å². The molecule has 0 saturated carbocycles. The highest BCUT2D eigenvalue weighted by molar-refractivity contribution is 6.30. The van der Waals surface area contributed by atoms with Crippen molar-refractivity contribution >= 4 is 29.3 Å². The number of anilines is 1. The van der Waals surface area contributed by atoms with Crippen LogP contribution in [0.4, 0.5) is 10.1 Å². The van der Waals surface area contributed by atoms with Gasteiger partial charge in [-0.25, -0.2) is 4.39 Å². The zero-order valence-electron chi connectivity index (χ0n) is 9.94. The number of amides is 1. The first kappa shape index (κ1) is 13.3. The van der Waals surface area contributed by atoms with Crippen molar-refractivity contribution < 1.29 is 9.18 Å². The Labute approximate surface area is 115 Å². The largest absolute Gasteiger partial charge is 0.320 e. The van der Waals surface area contributed by atoms with E-state index in [0.29, 0.717) is 5.02 Å². The van der Waals surface area contributed by atoms with E-state index in [0.717, 1.165) is 5.56 Å². The van der Waals surface area contributed by atoms with E-state index in [1.54, 1.807) is 42.5 Å². The zero-order chi connectivity index (χ0) is 13.7. The molecule has 0 aliphatic carbocycles. The SMILES string of the molecule is O=C(C=Cc1ccc(Cl)cc1)Nc1ccccc1F. The minimum atomic E-state index is -0.462. The normalized spacial score (nSPS) is 10.6. The Morgan fingerprint density at radius 3 is 2.47 bits per heavy atom. The lowest BCUT2D eigenvalue weighted by molar-refractivity contribution is -0.111. The average Bonchev–Trinajstić information content (AvgIpc) is 2.41. The summed E-state index contributed by atoms with van der Waals surface area (Å²) in [6, 6.07) is 13.1. The van der Waals surface area contributed by atoms with Crippen LogP contribution in [0.25, 0.3) is 6.08 Å². The molecule has 0 aromatic heterocycles. The van der Waals surface area contributed by atoms with E-state index in [2.05, 4.69) is 5.32 Å². The molecule has 1 N–H and O–H groups in total. The molecule has 1 amide bonds. The summed E-state index contributed by atoms with van der Waals surface area (Å²) < 4.78 is 13.3. The predicted molar refractivity (Wildman–Crippen MR) is 75.5 cm³/mol. The zero-order valence-corrected chi connectivity index (χ0v) is 10.7. The summed E-state index contributed by atoms with van der Waals surface area (Å²) in [5.41, 5.74) is 1.00. The maximum absolute atomic E-state index is 13.3. The van der Waals surface area contributed by atoms with Gasteiger partial charge in [-0.3, -0.25) is 4.79 Å². The number of para-hydroxylation sites is 1. The second kappa shape index (κ2) is 6.16. The van der Waals surface area contributed by atoms with Crippen LogP contribution in [0.1, 0.15) is 5.56 Å². The third kappa shape index (κ3) is 3.93. The molecule has 0 aliphatic rings. The van der Waals surface area contributed by atoms with Gasteiger partial charge in [0, 0.05) is 11.1 Å². The van der Waals surface area contributed by atoms with Crippen molar-refractivity contribution in [3.8, 4) is 0 Å². The van der Waals surface area contributed by atoms with Crippen LogP contribution in [0.3, 0.4) is 0 Å². The second-order valence-electron chi connectivity index (χ2n) is 3.85. The van der Waals surface area contributed by atoms with Gasteiger partial charge in [-0.1, -0.05) is 35.9 Å². The molecule has 0 heterocycles. The van der Waals surface area contributed by atoms with Crippen LogP contribution >= 0.6 is 11.6 Å². The predicted octanol–water partition coefficient (Wildman–Crippen LogP) is 4.13. The quantitative estimate of drug-likeness (QED) is 0.839. The Kier molecular flexibility index (Phi) is 4.31. The first-order valence-corrected chi connectivity index (χ1v) is 6.02. The van der Waals surface area contributed by atoms with Gasteiger partial charge < -0.3 is 5.32 Å². The molecule has 2 aromatic carbocycles. The van der Waals surface area contributed by atoms with E-state index in [9.17, 15) is 9.18 Å². The molecule has 2 rings (SSSR count). The minimum absolute atomic E-state index is 0.160. The molecule has 0 saturated heterocycles. The topological polar surface area (TPSA) is 29.1 Å². The molecule has 0 fully saturated rings. The molecule has 96 valence electrons. The Morgan fingerprint density at radius 1 is 1.11 bits per heavy atom. The summed E-state index contributed by atoms with van der Waals surface area (Å²) in [5, 5.41) is 3.10. The number of halogens is 2. The first-order valence-electron chi connectivity index (χ1n) is 5.64. The standard InChI is InChI=1S/C15H11ClFNO/c16-12-8-5-11(6-9-12)7-10-15(19)18-14-4-2-1-3-13(14)17/h1-10H,(H,18,19). The maximum Gasteiger partial charge on any atom is 0.248 e. The van der Waals surface area contributed by atoms with Crippen molar-refractivity contribution in [3.05, 3.63) is 71.0 Å². The average molecular weight is 276 g/mol. The molecule has 0 spiro atoms. The van der Waals surface area contributed by atoms with Crippen LogP contribution in [0.15, 0.2) is 54.6 Å². The van der Waals surface area contributed by atoms with Gasteiger partial charge in [0.2, 0.25) is 5.91 Å². The van der Waals surface area contributed by atoms with Crippen molar-refractivity contribution in [3.63, 3.8) is 0 Å². The molecule has 0 aliphatic heterocycles. The number of benzene rings is 2. The molecular weight excluding hydrogens is 265 g/mol. The minimum Gasteiger partial charge on any atom is -0.320 e. The number of hydrogen-bond donors (Lipinski definition) is 1. The molecule has 2 aromatic rings. The third-order valence-electron chi connectivity index (χ3n) is 2.43. The van der Waals surface area contributed by atoms with E-state index in [-0.39, 0.29) is 11.6 Å². The highest BCUT2D eigenvalue weighted by atomic mass is 35.5. The number of hydrogen-bond acceptors (Lipinski definition) is 1. The molecule has 0 atom stereocenters. The lowest BCUT2D eigenvalue weighted by Crippen LogP contribution is -2.08. The van der Waals surface area contributed by atoms with Crippen LogP contribution in [-0.2, 0) is 4.79 Å². The first-order chi connectivity index (χ1) is 9.15. The van der Waals surface area contributed by atoms with Gasteiger partial charge in [0.05, 0.1) is 5.69 Å². The summed E-state index contributed by atoms with van der Waals surface area (Å²) in [4.78, 5) is 11.6. The smallest absolute Gasteiger partial charge is 0.248 e. The van der Waals surface area contributed by atoms with Gasteiger partial charge in [-0.2, -0.15) is 0 Å².